The molecule has 0 fully saturated rings. The Bertz CT molecular complexity index is 746. The van der Waals surface area contributed by atoms with Crippen molar-refractivity contribution in [3.05, 3.63) is 53.9 Å². The number of carbonyl (C=O) groups excluding carboxylic acids is 2. The van der Waals surface area contributed by atoms with Crippen LogP contribution in [-0.4, -0.2) is 35.4 Å². The summed E-state index contributed by atoms with van der Waals surface area (Å²) >= 11 is 0. The monoisotopic (exact) mass is 325 g/mol. The first-order chi connectivity index (χ1) is 11.6. The first-order valence-corrected chi connectivity index (χ1v) is 7.80. The number of fused-ring (bicyclic) bond motifs is 1. The average molecular weight is 325 g/mol. The summed E-state index contributed by atoms with van der Waals surface area (Å²) in [6, 6.07) is 9.22. The summed E-state index contributed by atoms with van der Waals surface area (Å²) in [6.45, 7) is 0.466. The maximum atomic E-state index is 12.2. The third kappa shape index (κ3) is 3.90. The summed E-state index contributed by atoms with van der Waals surface area (Å²) in [7, 11) is 1.74. The van der Waals surface area contributed by atoms with Gasteiger partial charge < -0.3 is 15.0 Å². The predicted octanol–water partition coefficient (Wildman–Crippen LogP) is 2.00. The Balaban J connectivity index is 1.55. The van der Waals surface area contributed by atoms with E-state index in [1.54, 1.807) is 30.4 Å². The Morgan fingerprint density at radius 2 is 2.21 bits per heavy atom. The van der Waals surface area contributed by atoms with Gasteiger partial charge in [0.2, 0.25) is 5.91 Å². The van der Waals surface area contributed by atoms with Crippen LogP contribution in [0.25, 0.3) is 0 Å². The third-order valence-corrected chi connectivity index (χ3v) is 3.90. The van der Waals surface area contributed by atoms with Crippen molar-refractivity contribution in [3.8, 4) is 5.75 Å². The van der Waals surface area contributed by atoms with Gasteiger partial charge in [0, 0.05) is 38.1 Å². The lowest BCUT2D eigenvalue weighted by molar-refractivity contribution is -0.132. The van der Waals surface area contributed by atoms with E-state index in [1.807, 2.05) is 24.3 Å². The summed E-state index contributed by atoms with van der Waals surface area (Å²) in [4.78, 5) is 29.2. The number of pyridine rings is 1. The highest BCUT2D eigenvalue weighted by Crippen LogP contribution is 2.26. The molecule has 2 aromatic rings. The molecule has 2 amide bonds. The van der Waals surface area contributed by atoms with Gasteiger partial charge in [-0.25, -0.2) is 0 Å². The second kappa shape index (κ2) is 7.12. The SMILES string of the molecule is CN(Cc1cccnc1)C(=O)COc1ccc2c(c1)CCC(=O)N2. The van der Waals surface area contributed by atoms with E-state index in [0.717, 1.165) is 16.8 Å². The van der Waals surface area contributed by atoms with Crippen molar-refractivity contribution in [1.29, 1.82) is 0 Å². The Labute approximate surface area is 140 Å². The maximum Gasteiger partial charge on any atom is 0.260 e. The van der Waals surface area contributed by atoms with Gasteiger partial charge in [-0.3, -0.25) is 14.6 Å². The van der Waals surface area contributed by atoms with Crippen LogP contribution in [0, 0.1) is 0 Å². The third-order valence-electron chi connectivity index (χ3n) is 3.90. The number of aromatic nitrogens is 1. The van der Waals surface area contributed by atoms with E-state index in [9.17, 15) is 9.59 Å². The van der Waals surface area contributed by atoms with Gasteiger partial charge in [-0.2, -0.15) is 0 Å². The topological polar surface area (TPSA) is 71.5 Å². The van der Waals surface area contributed by atoms with Crippen molar-refractivity contribution in [1.82, 2.24) is 9.88 Å². The Hall–Kier alpha value is -2.89. The number of likely N-dealkylation sites (N-methyl/N-ethyl adjacent to an activating group) is 1. The zero-order chi connectivity index (χ0) is 16.9. The molecule has 0 atom stereocenters. The smallest absolute Gasteiger partial charge is 0.260 e. The fraction of sp³-hybridized carbons (Fsp3) is 0.278. The number of hydrogen-bond donors (Lipinski definition) is 1. The van der Waals surface area contributed by atoms with Crippen molar-refractivity contribution in [3.63, 3.8) is 0 Å². The highest BCUT2D eigenvalue weighted by atomic mass is 16.5. The number of rotatable bonds is 5. The van der Waals surface area contributed by atoms with Crippen molar-refractivity contribution < 1.29 is 14.3 Å². The molecule has 2 heterocycles. The number of aryl methyl sites for hydroxylation is 1. The van der Waals surface area contributed by atoms with Crippen molar-refractivity contribution in [2.45, 2.75) is 19.4 Å². The molecule has 6 heteroatoms. The van der Waals surface area contributed by atoms with E-state index in [2.05, 4.69) is 10.3 Å². The van der Waals surface area contributed by atoms with Gasteiger partial charge >= 0.3 is 0 Å². The highest BCUT2D eigenvalue weighted by Gasteiger charge is 2.16. The number of nitrogens with zero attached hydrogens (tertiary/aromatic N) is 2. The standard InChI is InChI=1S/C18H19N3O3/c1-21(11-13-3-2-8-19-10-13)18(23)12-24-15-5-6-16-14(9-15)4-7-17(22)20-16/h2-3,5-6,8-10H,4,7,11-12H2,1H3,(H,20,22). The van der Waals surface area contributed by atoms with Gasteiger partial charge in [-0.1, -0.05) is 6.07 Å². The molecule has 24 heavy (non-hydrogen) atoms. The minimum absolute atomic E-state index is 0.0259. The van der Waals surface area contributed by atoms with Gasteiger partial charge in [0.05, 0.1) is 0 Å². The molecule has 0 spiro atoms. The van der Waals surface area contributed by atoms with Gasteiger partial charge in [0.25, 0.3) is 5.91 Å². The number of anilines is 1. The molecule has 1 aliphatic heterocycles. The van der Waals surface area contributed by atoms with Crippen molar-refractivity contribution in [2.75, 3.05) is 19.0 Å². The molecular formula is C18H19N3O3. The lowest BCUT2D eigenvalue weighted by atomic mass is 10.0. The van der Waals surface area contributed by atoms with Crippen molar-refractivity contribution >= 4 is 17.5 Å². The van der Waals surface area contributed by atoms with E-state index in [-0.39, 0.29) is 18.4 Å². The normalized spacial score (nSPS) is 13.0. The molecule has 1 aliphatic rings. The molecule has 0 aliphatic carbocycles. The first-order valence-electron chi connectivity index (χ1n) is 7.80. The molecule has 0 saturated carbocycles. The zero-order valence-electron chi connectivity index (χ0n) is 13.5. The average Bonchev–Trinajstić information content (AvgIpc) is 2.60. The molecule has 1 aromatic carbocycles. The molecule has 1 aromatic heterocycles. The summed E-state index contributed by atoms with van der Waals surface area (Å²) in [5.41, 5.74) is 2.82. The van der Waals surface area contributed by atoms with Crippen LogP contribution in [0.2, 0.25) is 0 Å². The van der Waals surface area contributed by atoms with Crippen LogP contribution in [0.3, 0.4) is 0 Å². The fourth-order valence-electron chi connectivity index (χ4n) is 2.56. The highest BCUT2D eigenvalue weighted by molar-refractivity contribution is 5.94. The molecule has 124 valence electrons. The van der Waals surface area contributed by atoms with Gasteiger partial charge in [-0.15, -0.1) is 0 Å². The van der Waals surface area contributed by atoms with Gasteiger partial charge in [0.1, 0.15) is 5.75 Å². The van der Waals surface area contributed by atoms with Crippen molar-refractivity contribution in [2.24, 2.45) is 0 Å². The predicted molar refractivity (Wildman–Crippen MR) is 89.6 cm³/mol. The van der Waals surface area contributed by atoms with Gasteiger partial charge in [0.15, 0.2) is 6.61 Å². The first kappa shape index (κ1) is 16.0. The number of amides is 2. The molecule has 0 radical (unpaired) electrons. The van der Waals surface area contributed by atoms with E-state index < -0.39 is 0 Å². The molecule has 3 rings (SSSR count). The second-order valence-corrected chi connectivity index (χ2v) is 5.77. The number of nitrogens with one attached hydrogen (secondary N) is 1. The van der Waals surface area contributed by atoms with Crippen LogP contribution < -0.4 is 10.1 Å². The molecule has 0 unspecified atom stereocenters. The van der Waals surface area contributed by atoms with E-state index in [0.29, 0.717) is 25.1 Å². The van der Waals surface area contributed by atoms with Crippen LogP contribution in [0.5, 0.6) is 5.75 Å². The fourth-order valence-corrected chi connectivity index (χ4v) is 2.56. The molecule has 0 bridgehead atoms. The van der Waals surface area contributed by atoms with E-state index in [4.69, 9.17) is 4.74 Å². The Kier molecular flexibility index (Phi) is 4.74. The number of benzene rings is 1. The maximum absolute atomic E-state index is 12.2. The van der Waals surface area contributed by atoms with Gasteiger partial charge in [-0.05, 0) is 41.8 Å². The molecule has 1 N–H and O–H groups in total. The number of ether oxygens (including phenoxy) is 1. The summed E-state index contributed by atoms with van der Waals surface area (Å²) in [5, 5.41) is 2.82. The lowest BCUT2D eigenvalue weighted by Gasteiger charge is -2.19. The summed E-state index contributed by atoms with van der Waals surface area (Å²) < 4.78 is 5.60. The number of hydrogen-bond acceptors (Lipinski definition) is 4. The minimum atomic E-state index is -0.107. The molecular weight excluding hydrogens is 306 g/mol. The van der Waals surface area contributed by atoms with Crippen LogP contribution in [0.1, 0.15) is 17.5 Å². The van der Waals surface area contributed by atoms with Crippen LogP contribution in [-0.2, 0) is 22.6 Å². The Morgan fingerprint density at radius 1 is 1.33 bits per heavy atom. The zero-order valence-corrected chi connectivity index (χ0v) is 13.5. The molecule has 0 saturated heterocycles. The van der Waals surface area contributed by atoms with Crippen LogP contribution >= 0.6 is 0 Å². The lowest BCUT2D eigenvalue weighted by Crippen LogP contribution is -2.31. The van der Waals surface area contributed by atoms with E-state index in [1.165, 1.54) is 0 Å². The van der Waals surface area contributed by atoms with Crippen LogP contribution in [0.15, 0.2) is 42.7 Å². The Morgan fingerprint density at radius 3 is 3.00 bits per heavy atom. The largest absolute Gasteiger partial charge is 0.484 e. The summed E-state index contributed by atoms with van der Waals surface area (Å²) in [5.74, 6) is 0.557. The van der Waals surface area contributed by atoms with E-state index >= 15 is 0 Å². The quantitative estimate of drug-likeness (QED) is 0.913. The molecule has 6 nitrogen and oxygen atoms in total. The minimum Gasteiger partial charge on any atom is -0.484 e. The number of carbonyl (C=O) groups is 2. The second-order valence-electron chi connectivity index (χ2n) is 5.77. The summed E-state index contributed by atoms with van der Waals surface area (Å²) in [6.07, 6.45) is 4.60. The van der Waals surface area contributed by atoms with Crippen LogP contribution in [0.4, 0.5) is 5.69 Å².